The third-order valence-corrected chi connectivity index (χ3v) is 6.18. The van der Waals surface area contributed by atoms with Crippen LogP contribution >= 0.6 is 0 Å². The first-order valence-corrected chi connectivity index (χ1v) is 9.75. The zero-order valence-corrected chi connectivity index (χ0v) is 15.4. The Kier molecular flexibility index (Phi) is 5.59. The van der Waals surface area contributed by atoms with Crippen LogP contribution < -0.4 is 5.32 Å². The summed E-state index contributed by atoms with van der Waals surface area (Å²) < 4.78 is 58.0. The molecule has 1 saturated heterocycles. The second kappa shape index (κ2) is 7.75. The molecule has 2 N–H and O–H groups in total. The molecule has 0 aliphatic carbocycles. The number of benzene rings is 1. The van der Waals surface area contributed by atoms with Crippen LogP contribution in [0.25, 0.3) is 0 Å². The maximum absolute atomic E-state index is 13.3. The molecule has 1 unspecified atom stereocenters. The predicted molar refractivity (Wildman–Crippen MR) is 92.6 cm³/mol. The first-order valence-electron chi connectivity index (χ1n) is 8.31. The molecule has 1 aliphatic heterocycles. The van der Waals surface area contributed by atoms with Crippen molar-refractivity contribution in [3.63, 3.8) is 0 Å². The van der Waals surface area contributed by atoms with Crippen molar-refractivity contribution in [1.82, 2.24) is 14.6 Å². The van der Waals surface area contributed by atoms with Gasteiger partial charge < -0.3 is 15.0 Å². The molecule has 1 aromatic heterocycles. The number of H-pyrrole nitrogens is 1. The third kappa shape index (κ3) is 4.18. The molecule has 1 fully saturated rings. The Hall–Kier alpha value is -2.30. The highest BCUT2D eigenvalue weighted by molar-refractivity contribution is 7.89. The number of hydrogen-bond donors (Lipinski definition) is 2. The van der Waals surface area contributed by atoms with Crippen LogP contribution in [0.1, 0.15) is 29.0 Å². The van der Waals surface area contributed by atoms with E-state index >= 15 is 0 Å². The molecule has 27 heavy (non-hydrogen) atoms. The Morgan fingerprint density at radius 3 is 2.59 bits per heavy atom. The molecule has 0 radical (unpaired) electrons. The van der Waals surface area contributed by atoms with E-state index in [1.165, 1.54) is 22.6 Å². The van der Waals surface area contributed by atoms with Gasteiger partial charge in [-0.3, -0.25) is 4.79 Å². The Bertz CT molecular complexity index is 939. The molecule has 10 heteroatoms. The summed E-state index contributed by atoms with van der Waals surface area (Å²) >= 11 is 0. The molecule has 1 aliphatic rings. The summed E-state index contributed by atoms with van der Waals surface area (Å²) in [5.41, 5.74) is 0.436. The highest BCUT2D eigenvalue weighted by Gasteiger charge is 2.28. The molecule has 1 aromatic carbocycles. The number of sulfonamides is 1. The fraction of sp³-hybridized carbons (Fsp3) is 0.353. The lowest BCUT2D eigenvalue weighted by atomic mass is 10.1. The van der Waals surface area contributed by atoms with E-state index in [0.717, 1.165) is 12.1 Å². The number of rotatable bonds is 5. The van der Waals surface area contributed by atoms with Crippen molar-refractivity contribution in [1.29, 1.82) is 0 Å². The summed E-state index contributed by atoms with van der Waals surface area (Å²) in [6.45, 7) is 2.76. The van der Waals surface area contributed by atoms with Crippen LogP contribution in [-0.2, 0) is 14.8 Å². The molecule has 146 valence electrons. The van der Waals surface area contributed by atoms with Crippen LogP contribution in [0, 0.1) is 11.6 Å². The Morgan fingerprint density at radius 1 is 1.22 bits per heavy atom. The van der Waals surface area contributed by atoms with E-state index in [4.69, 9.17) is 4.74 Å². The number of nitrogens with one attached hydrogen (secondary N) is 2. The summed E-state index contributed by atoms with van der Waals surface area (Å²) in [7, 11) is -3.71. The molecule has 2 aromatic rings. The van der Waals surface area contributed by atoms with E-state index < -0.39 is 33.6 Å². The summed E-state index contributed by atoms with van der Waals surface area (Å²) in [5, 5.41) is 2.62. The molecule has 0 spiro atoms. The predicted octanol–water partition coefficient (Wildman–Crippen LogP) is 1.80. The largest absolute Gasteiger partial charge is 0.379 e. The van der Waals surface area contributed by atoms with Crippen molar-refractivity contribution in [2.45, 2.75) is 17.9 Å². The van der Waals surface area contributed by atoms with Crippen molar-refractivity contribution in [3.05, 3.63) is 53.4 Å². The molecule has 7 nitrogen and oxygen atoms in total. The van der Waals surface area contributed by atoms with Crippen molar-refractivity contribution in [3.8, 4) is 0 Å². The minimum atomic E-state index is -3.71. The standard InChI is InChI=1S/C17H19F2N3O4S/c1-11(12-2-3-14(18)15(19)8-12)21-17(23)16-9-13(10-20-16)27(24,25)22-4-6-26-7-5-22/h2-3,8-11,20H,4-7H2,1H3,(H,21,23). The normalized spacial score (nSPS) is 16.9. The summed E-state index contributed by atoms with van der Waals surface area (Å²) in [5.74, 6) is -2.54. The van der Waals surface area contributed by atoms with Gasteiger partial charge in [0, 0.05) is 19.3 Å². The molecule has 3 rings (SSSR count). The van der Waals surface area contributed by atoms with Gasteiger partial charge in [-0.15, -0.1) is 0 Å². The maximum atomic E-state index is 13.3. The molecular formula is C17H19F2N3O4S. The quantitative estimate of drug-likeness (QED) is 0.802. The van der Waals surface area contributed by atoms with Gasteiger partial charge in [-0.1, -0.05) is 6.07 Å². The fourth-order valence-electron chi connectivity index (χ4n) is 2.73. The molecular weight excluding hydrogens is 380 g/mol. The second-order valence-electron chi connectivity index (χ2n) is 6.13. The molecule has 2 heterocycles. The number of hydrogen-bond acceptors (Lipinski definition) is 4. The van der Waals surface area contributed by atoms with Gasteiger partial charge in [-0.05, 0) is 30.7 Å². The number of nitrogens with zero attached hydrogens (tertiary/aromatic N) is 1. The minimum Gasteiger partial charge on any atom is -0.379 e. The van der Waals surface area contributed by atoms with Gasteiger partial charge in [0.05, 0.1) is 19.3 Å². The smallest absolute Gasteiger partial charge is 0.268 e. The second-order valence-corrected chi connectivity index (χ2v) is 8.07. The number of carbonyl (C=O) groups excluding carboxylic acids is 1. The van der Waals surface area contributed by atoms with Crippen LogP contribution in [0.4, 0.5) is 8.78 Å². The van der Waals surface area contributed by atoms with Crippen LogP contribution in [0.5, 0.6) is 0 Å². The van der Waals surface area contributed by atoms with Gasteiger partial charge in [0.2, 0.25) is 10.0 Å². The minimum absolute atomic E-state index is 0.0185. The lowest BCUT2D eigenvalue weighted by Crippen LogP contribution is -2.40. The lowest BCUT2D eigenvalue weighted by Gasteiger charge is -2.25. The topological polar surface area (TPSA) is 91.5 Å². The number of amides is 1. The van der Waals surface area contributed by atoms with Gasteiger partial charge >= 0.3 is 0 Å². The van der Waals surface area contributed by atoms with E-state index in [-0.39, 0.29) is 23.7 Å². The van der Waals surface area contributed by atoms with Crippen molar-refractivity contribution >= 4 is 15.9 Å². The van der Waals surface area contributed by atoms with E-state index in [1.54, 1.807) is 6.92 Å². The SMILES string of the molecule is CC(NC(=O)c1cc(S(=O)(=O)N2CCOCC2)c[nH]1)c1ccc(F)c(F)c1. The first kappa shape index (κ1) is 19.5. The fourth-order valence-corrected chi connectivity index (χ4v) is 4.13. The van der Waals surface area contributed by atoms with Crippen molar-refractivity contribution in [2.24, 2.45) is 0 Å². The summed E-state index contributed by atoms with van der Waals surface area (Å²) in [6, 6.07) is 4.00. The number of carbonyl (C=O) groups is 1. The summed E-state index contributed by atoms with van der Waals surface area (Å²) in [4.78, 5) is 15.0. The molecule has 0 bridgehead atoms. The van der Waals surface area contributed by atoms with E-state index in [9.17, 15) is 22.0 Å². The Morgan fingerprint density at radius 2 is 1.93 bits per heavy atom. The number of ether oxygens (including phenoxy) is 1. The van der Waals surface area contributed by atoms with Crippen LogP contribution in [-0.4, -0.2) is 49.9 Å². The Labute approximate surface area is 155 Å². The molecule has 0 saturated carbocycles. The monoisotopic (exact) mass is 399 g/mol. The lowest BCUT2D eigenvalue weighted by molar-refractivity contribution is 0.0730. The van der Waals surface area contributed by atoms with E-state index in [1.807, 2.05) is 0 Å². The summed E-state index contributed by atoms with van der Waals surface area (Å²) in [6.07, 6.45) is 1.25. The molecule has 1 atom stereocenters. The van der Waals surface area contributed by atoms with Gasteiger partial charge in [-0.2, -0.15) is 4.31 Å². The Balaban J connectivity index is 1.71. The number of halogens is 2. The van der Waals surface area contributed by atoms with Crippen molar-refractivity contribution in [2.75, 3.05) is 26.3 Å². The highest BCUT2D eigenvalue weighted by Crippen LogP contribution is 2.20. The average molecular weight is 399 g/mol. The van der Waals surface area contributed by atoms with Crippen molar-refractivity contribution < 1.29 is 26.7 Å². The van der Waals surface area contributed by atoms with Gasteiger partial charge in [0.1, 0.15) is 10.6 Å². The number of morpholine rings is 1. The van der Waals surface area contributed by atoms with Crippen LogP contribution in [0.2, 0.25) is 0 Å². The van der Waals surface area contributed by atoms with Gasteiger partial charge in [0.15, 0.2) is 11.6 Å². The zero-order valence-electron chi connectivity index (χ0n) is 14.5. The molecule has 1 amide bonds. The van der Waals surface area contributed by atoms with E-state index in [2.05, 4.69) is 10.3 Å². The van der Waals surface area contributed by atoms with Crippen LogP contribution in [0.3, 0.4) is 0 Å². The van der Waals surface area contributed by atoms with Crippen LogP contribution in [0.15, 0.2) is 35.4 Å². The highest BCUT2D eigenvalue weighted by atomic mass is 32.2. The van der Waals surface area contributed by atoms with Gasteiger partial charge in [-0.25, -0.2) is 17.2 Å². The van der Waals surface area contributed by atoms with Gasteiger partial charge in [0.25, 0.3) is 5.91 Å². The first-order chi connectivity index (χ1) is 12.8. The maximum Gasteiger partial charge on any atom is 0.268 e. The average Bonchev–Trinajstić information content (AvgIpc) is 3.16. The number of aromatic amines is 1. The number of aromatic nitrogens is 1. The third-order valence-electron chi connectivity index (χ3n) is 4.30. The van der Waals surface area contributed by atoms with E-state index in [0.29, 0.717) is 18.8 Å². The zero-order chi connectivity index (χ0) is 19.6.